The fourth-order valence-corrected chi connectivity index (χ4v) is 0.707. The van der Waals surface area contributed by atoms with Gasteiger partial charge in [-0.1, -0.05) is 18.7 Å². The Bertz CT molecular complexity index is 67.1. The van der Waals surface area contributed by atoms with Gasteiger partial charge in [0.15, 0.2) is 0 Å². The zero-order valence-electron chi connectivity index (χ0n) is 4.79. The lowest BCUT2D eigenvalue weighted by atomic mass is 10.5. The van der Waals surface area contributed by atoms with Crippen LogP contribution in [0.2, 0.25) is 0 Å². The van der Waals surface area contributed by atoms with Gasteiger partial charge >= 0.3 is 0 Å². The van der Waals surface area contributed by atoms with E-state index in [2.05, 4.69) is 0 Å². The highest BCUT2D eigenvalue weighted by molar-refractivity contribution is 8.00. The van der Waals surface area contributed by atoms with Gasteiger partial charge in [0, 0.05) is 12.3 Å². The maximum atomic E-state index is 8.76. The molecule has 0 heterocycles. The Morgan fingerprint density at radius 1 is 1.62 bits per heavy atom. The minimum absolute atomic E-state index is 0.237. The Labute approximate surface area is 52.9 Å². The molecule has 0 aliphatic carbocycles. The Balaban J connectivity index is 3.37. The zero-order valence-corrected chi connectivity index (χ0v) is 5.61. The van der Waals surface area contributed by atoms with Gasteiger partial charge in [-0.15, -0.1) is 0 Å². The molecule has 4 heteroatoms. The Kier molecular flexibility index (Phi) is 3.39. The van der Waals surface area contributed by atoms with Gasteiger partial charge in [-0.3, -0.25) is 0 Å². The van der Waals surface area contributed by atoms with E-state index in [4.69, 9.17) is 15.9 Å². The maximum Gasteiger partial charge on any atom is 0.214 e. The van der Waals surface area contributed by atoms with Crippen molar-refractivity contribution in [2.75, 3.05) is 5.88 Å². The summed E-state index contributed by atoms with van der Waals surface area (Å²) in [5.41, 5.74) is 5.03. The average molecular weight is 137 g/mol. The van der Waals surface area contributed by atoms with Crippen LogP contribution >= 0.6 is 11.8 Å². The molecule has 0 unspecified atom stereocenters. The van der Waals surface area contributed by atoms with E-state index < -0.39 is 5.12 Å². The normalized spacial score (nSPS) is 12.0. The van der Waals surface area contributed by atoms with Crippen LogP contribution in [0.1, 0.15) is 13.3 Å². The summed E-state index contributed by atoms with van der Waals surface area (Å²) in [6.07, 6.45) is 0.300. The molecule has 0 spiro atoms. The first-order chi connectivity index (χ1) is 3.62. The number of nitrogens with two attached hydrogens (primary N) is 1. The zero-order chi connectivity index (χ0) is 6.62. The van der Waals surface area contributed by atoms with E-state index in [0.29, 0.717) is 6.42 Å². The molecule has 0 amide bonds. The van der Waals surface area contributed by atoms with Gasteiger partial charge in [0.2, 0.25) is 5.12 Å². The molecule has 0 rings (SSSR count). The molecule has 0 fully saturated rings. The van der Waals surface area contributed by atoms with Gasteiger partial charge in [-0.25, -0.2) is 0 Å². The molecule has 0 aromatic carbocycles. The average Bonchev–Trinajstić information content (AvgIpc) is 1.67. The molecule has 0 atom stereocenters. The fraction of sp³-hybridized carbons (Fsp3) is 1.00. The summed E-state index contributed by atoms with van der Waals surface area (Å²) in [4.78, 5) is 0. The van der Waals surface area contributed by atoms with Crippen LogP contribution in [0, 0.1) is 0 Å². The predicted octanol–water partition coefficient (Wildman–Crippen LogP) is -0.316. The third-order valence-electron chi connectivity index (χ3n) is 0.775. The smallest absolute Gasteiger partial charge is 0.214 e. The largest absolute Gasteiger partial charge is 0.357 e. The van der Waals surface area contributed by atoms with E-state index in [1.54, 1.807) is 6.92 Å². The monoisotopic (exact) mass is 137 g/mol. The fourth-order valence-electron chi connectivity index (χ4n) is 0.236. The molecule has 0 bridgehead atoms. The molecule has 0 saturated carbocycles. The van der Waals surface area contributed by atoms with Gasteiger partial charge < -0.3 is 15.9 Å². The molecule has 0 aliphatic rings. The van der Waals surface area contributed by atoms with Crippen molar-refractivity contribution in [1.29, 1.82) is 0 Å². The molecule has 0 aromatic rings. The third kappa shape index (κ3) is 3.26. The summed E-state index contributed by atoms with van der Waals surface area (Å²) >= 11 is 0.922. The van der Waals surface area contributed by atoms with Crippen molar-refractivity contribution in [1.82, 2.24) is 0 Å². The molecule has 0 radical (unpaired) electrons. The van der Waals surface area contributed by atoms with Crippen LogP contribution in [0.5, 0.6) is 0 Å². The predicted molar refractivity (Wildman–Crippen MR) is 34.1 cm³/mol. The molecular weight excluding hydrogens is 126 g/mol. The first-order valence-electron chi connectivity index (χ1n) is 2.41. The summed E-state index contributed by atoms with van der Waals surface area (Å²) in [6.45, 7) is 1.68. The minimum atomic E-state index is -1.62. The van der Waals surface area contributed by atoms with Gasteiger partial charge in [-0.2, -0.15) is 0 Å². The summed E-state index contributed by atoms with van der Waals surface area (Å²) in [6, 6.07) is 0. The highest BCUT2D eigenvalue weighted by Crippen LogP contribution is 2.19. The number of aliphatic hydroxyl groups is 2. The lowest BCUT2D eigenvalue weighted by molar-refractivity contribution is -0.0774. The lowest BCUT2D eigenvalue weighted by Gasteiger charge is -2.16. The summed E-state index contributed by atoms with van der Waals surface area (Å²) in [5.74, 6) is 0.237. The standard InChI is InChI=1S/C4H11NO2S/c1-2-4(6,7)8-3-5/h6-7H,2-3,5H2,1H3. The number of thioether (sulfide) groups is 1. The summed E-state index contributed by atoms with van der Waals surface area (Å²) < 4.78 is 0. The van der Waals surface area contributed by atoms with Crippen LogP contribution in [0.3, 0.4) is 0 Å². The van der Waals surface area contributed by atoms with Crippen LogP contribution in [0.25, 0.3) is 0 Å². The van der Waals surface area contributed by atoms with Gasteiger partial charge in [0.05, 0.1) is 0 Å². The Hall–Kier alpha value is 0.230. The molecule has 0 aliphatic heterocycles. The molecular formula is C4H11NO2S. The highest BCUT2D eigenvalue weighted by Gasteiger charge is 2.18. The van der Waals surface area contributed by atoms with E-state index in [0.717, 1.165) is 11.8 Å². The Morgan fingerprint density at radius 2 is 2.12 bits per heavy atom. The maximum absolute atomic E-state index is 8.76. The van der Waals surface area contributed by atoms with Crippen molar-refractivity contribution in [3.8, 4) is 0 Å². The molecule has 3 nitrogen and oxygen atoms in total. The van der Waals surface area contributed by atoms with Crippen LogP contribution in [0.15, 0.2) is 0 Å². The second-order valence-corrected chi connectivity index (χ2v) is 2.68. The first-order valence-corrected chi connectivity index (χ1v) is 3.39. The van der Waals surface area contributed by atoms with Crippen molar-refractivity contribution in [2.24, 2.45) is 5.73 Å². The molecule has 4 N–H and O–H groups in total. The third-order valence-corrected chi connectivity index (χ3v) is 1.69. The second-order valence-electron chi connectivity index (χ2n) is 1.41. The van der Waals surface area contributed by atoms with Crippen LogP contribution in [-0.2, 0) is 0 Å². The van der Waals surface area contributed by atoms with Crippen molar-refractivity contribution in [3.63, 3.8) is 0 Å². The van der Waals surface area contributed by atoms with Crippen molar-refractivity contribution >= 4 is 11.8 Å². The summed E-state index contributed by atoms with van der Waals surface area (Å²) in [5, 5.41) is 15.9. The first kappa shape index (κ1) is 8.23. The van der Waals surface area contributed by atoms with Crippen LogP contribution < -0.4 is 5.73 Å². The minimum Gasteiger partial charge on any atom is -0.357 e. The molecule has 0 saturated heterocycles. The second kappa shape index (κ2) is 3.29. The van der Waals surface area contributed by atoms with E-state index in [9.17, 15) is 0 Å². The molecule has 0 aromatic heterocycles. The molecule has 50 valence electrons. The van der Waals surface area contributed by atoms with Crippen LogP contribution in [0.4, 0.5) is 0 Å². The molecule has 8 heavy (non-hydrogen) atoms. The van der Waals surface area contributed by atoms with Crippen LogP contribution in [-0.4, -0.2) is 21.2 Å². The van der Waals surface area contributed by atoms with Gasteiger partial charge in [0.1, 0.15) is 0 Å². The quantitative estimate of drug-likeness (QED) is 0.467. The topological polar surface area (TPSA) is 66.5 Å². The van der Waals surface area contributed by atoms with Crippen molar-refractivity contribution in [2.45, 2.75) is 18.5 Å². The summed E-state index contributed by atoms with van der Waals surface area (Å²) in [7, 11) is 0. The van der Waals surface area contributed by atoms with E-state index in [-0.39, 0.29) is 5.88 Å². The number of hydrogen-bond acceptors (Lipinski definition) is 4. The van der Waals surface area contributed by atoms with Crippen molar-refractivity contribution < 1.29 is 10.2 Å². The number of rotatable bonds is 3. The Morgan fingerprint density at radius 3 is 2.25 bits per heavy atom. The number of hydrogen-bond donors (Lipinski definition) is 3. The van der Waals surface area contributed by atoms with E-state index in [1.807, 2.05) is 0 Å². The van der Waals surface area contributed by atoms with Gasteiger partial charge in [0.25, 0.3) is 0 Å². The van der Waals surface area contributed by atoms with Gasteiger partial charge in [-0.05, 0) is 0 Å². The van der Waals surface area contributed by atoms with E-state index >= 15 is 0 Å². The SMILES string of the molecule is CCC(O)(O)SCN. The van der Waals surface area contributed by atoms with Crippen molar-refractivity contribution in [3.05, 3.63) is 0 Å². The highest BCUT2D eigenvalue weighted by atomic mass is 32.2. The lowest BCUT2D eigenvalue weighted by Crippen LogP contribution is -2.23. The van der Waals surface area contributed by atoms with E-state index in [1.165, 1.54) is 0 Å².